The lowest BCUT2D eigenvalue weighted by atomic mass is 10.1. The fourth-order valence-electron chi connectivity index (χ4n) is 2.74. The van der Waals surface area contributed by atoms with Gasteiger partial charge >= 0.3 is 5.97 Å². The molecule has 0 amide bonds. The molecule has 1 heterocycles. The third kappa shape index (κ3) is 3.96. The second-order valence-electron chi connectivity index (χ2n) is 5.88. The van der Waals surface area contributed by atoms with Gasteiger partial charge in [-0.1, -0.05) is 42.5 Å². The number of ketones is 1. The molecule has 0 unspecified atom stereocenters. The van der Waals surface area contributed by atoms with Crippen molar-refractivity contribution in [3.05, 3.63) is 93.3 Å². The largest absolute Gasteiger partial charge is 0.461 e. The van der Waals surface area contributed by atoms with Crippen LogP contribution in [0.25, 0.3) is 0 Å². The van der Waals surface area contributed by atoms with Gasteiger partial charge in [-0.3, -0.25) is 19.6 Å². The average Bonchev–Trinajstić information content (AvgIpc) is 3.12. The van der Waals surface area contributed by atoms with Crippen LogP contribution in [0.5, 0.6) is 0 Å². The highest BCUT2D eigenvalue weighted by Gasteiger charge is 2.25. The molecule has 0 aliphatic rings. The summed E-state index contributed by atoms with van der Waals surface area (Å²) in [7, 11) is 0. The van der Waals surface area contributed by atoms with Crippen molar-refractivity contribution < 1.29 is 19.2 Å². The van der Waals surface area contributed by atoms with Crippen molar-refractivity contribution in [1.82, 2.24) is 9.78 Å². The van der Waals surface area contributed by atoms with E-state index in [1.165, 1.54) is 35.0 Å². The zero-order chi connectivity index (χ0) is 20.1. The molecule has 28 heavy (non-hydrogen) atoms. The number of benzene rings is 2. The summed E-state index contributed by atoms with van der Waals surface area (Å²) in [6.07, 6.45) is 0. The molecule has 3 aromatic rings. The first kappa shape index (κ1) is 19.0. The number of ether oxygens (including phenoxy) is 1. The first-order chi connectivity index (χ1) is 13.5. The van der Waals surface area contributed by atoms with E-state index in [0.717, 1.165) is 5.56 Å². The van der Waals surface area contributed by atoms with Crippen molar-refractivity contribution >= 4 is 17.4 Å². The number of aromatic nitrogens is 2. The summed E-state index contributed by atoms with van der Waals surface area (Å²) < 4.78 is 6.42. The minimum Gasteiger partial charge on any atom is -0.461 e. The molecule has 0 fully saturated rings. The van der Waals surface area contributed by atoms with Gasteiger partial charge in [0.25, 0.3) is 5.69 Å². The summed E-state index contributed by atoms with van der Waals surface area (Å²) in [6, 6.07) is 16.2. The van der Waals surface area contributed by atoms with Crippen LogP contribution in [0, 0.1) is 10.1 Å². The second-order valence-corrected chi connectivity index (χ2v) is 5.88. The van der Waals surface area contributed by atoms with E-state index in [1.54, 1.807) is 6.92 Å². The number of nitro benzene ring substituents is 1. The summed E-state index contributed by atoms with van der Waals surface area (Å²) in [4.78, 5) is 35.7. The molecular weight excluding hydrogens is 362 g/mol. The Morgan fingerprint density at radius 3 is 2.46 bits per heavy atom. The minimum atomic E-state index is -0.635. The van der Waals surface area contributed by atoms with Crippen molar-refractivity contribution in [2.75, 3.05) is 6.61 Å². The van der Waals surface area contributed by atoms with Gasteiger partial charge < -0.3 is 4.74 Å². The molecule has 0 atom stereocenters. The van der Waals surface area contributed by atoms with E-state index in [2.05, 4.69) is 5.10 Å². The van der Waals surface area contributed by atoms with Gasteiger partial charge in [0.15, 0.2) is 0 Å². The Morgan fingerprint density at radius 1 is 1.11 bits per heavy atom. The first-order valence-electron chi connectivity index (χ1n) is 8.58. The predicted molar refractivity (Wildman–Crippen MR) is 100 cm³/mol. The Labute approximate surface area is 160 Å². The minimum absolute atomic E-state index is 0.0618. The summed E-state index contributed by atoms with van der Waals surface area (Å²) >= 11 is 0. The number of hydrogen-bond acceptors (Lipinski definition) is 6. The fraction of sp³-hybridized carbons (Fsp3) is 0.150. The third-order valence-corrected chi connectivity index (χ3v) is 4.02. The molecule has 0 aliphatic heterocycles. The van der Waals surface area contributed by atoms with Crippen molar-refractivity contribution in [1.29, 1.82) is 0 Å². The monoisotopic (exact) mass is 379 g/mol. The number of carbonyl (C=O) groups is 2. The highest BCUT2D eigenvalue weighted by atomic mass is 16.6. The van der Waals surface area contributed by atoms with E-state index in [9.17, 15) is 19.7 Å². The normalized spacial score (nSPS) is 10.5. The molecular formula is C20H17N3O5. The number of hydrogen-bond donors (Lipinski definition) is 0. The van der Waals surface area contributed by atoms with Gasteiger partial charge in [-0.25, -0.2) is 4.79 Å². The van der Waals surface area contributed by atoms with Crippen LogP contribution in [-0.4, -0.2) is 33.1 Å². The van der Waals surface area contributed by atoms with Crippen molar-refractivity contribution in [2.24, 2.45) is 0 Å². The number of nitrogens with zero attached hydrogens (tertiary/aromatic N) is 3. The molecule has 3 rings (SSSR count). The van der Waals surface area contributed by atoms with Crippen molar-refractivity contribution in [3.63, 3.8) is 0 Å². The Bertz CT molecular complexity index is 1030. The van der Waals surface area contributed by atoms with E-state index in [0.29, 0.717) is 0 Å². The van der Waals surface area contributed by atoms with E-state index in [1.807, 2.05) is 30.3 Å². The van der Waals surface area contributed by atoms with Crippen LogP contribution in [0.2, 0.25) is 0 Å². The number of nitro groups is 1. The maximum Gasteiger partial charge on any atom is 0.356 e. The van der Waals surface area contributed by atoms with Crippen LogP contribution in [0.1, 0.15) is 39.0 Å². The topological polar surface area (TPSA) is 104 Å². The molecule has 0 spiro atoms. The molecule has 0 saturated carbocycles. The van der Waals surface area contributed by atoms with Gasteiger partial charge in [-0.05, 0) is 18.6 Å². The quantitative estimate of drug-likeness (QED) is 0.270. The van der Waals surface area contributed by atoms with E-state index < -0.39 is 16.7 Å². The lowest BCUT2D eigenvalue weighted by Gasteiger charge is -2.06. The highest BCUT2D eigenvalue weighted by Crippen LogP contribution is 2.22. The molecule has 0 radical (unpaired) electrons. The zero-order valence-corrected chi connectivity index (χ0v) is 15.1. The van der Waals surface area contributed by atoms with Gasteiger partial charge in [-0.15, -0.1) is 0 Å². The van der Waals surface area contributed by atoms with Crippen LogP contribution in [-0.2, 0) is 11.3 Å². The molecule has 8 heteroatoms. The molecule has 8 nitrogen and oxygen atoms in total. The Morgan fingerprint density at radius 2 is 1.79 bits per heavy atom. The summed E-state index contributed by atoms with van der Waals surface area (Å²) in [5, 5.41) is 15.4. The van der Waals surface area contributed by atoms with Crippen molar-refractivity contribution in [3.8, 4) is 0 Å². The van der Waals surface area contributed by atoms with Crippen LogP contribution in [0.4, 0.5) is 5.69 Å². The zero-order valence-electron chi connectivity index (χ0n) is 15.1. The average molecular weight is 379 g/mol. The lowest BCUT2D eigenvalue weighted by Crippen LogP contribution is -2.14. The standard InChI is InChI=1S/C20H17N3O5/c1-2-28-20(25)18-12-16(21-22(18)13-14-8-4-3-5-9-14)19(24)15-10-6-7-11-17(15)23(26)27/h3-12H,2,13H2,1H3. The molecule has 1 aromatic heterocycles. The number of esters is 1. The lowest BCUT2D eigenvalue weighted by molar-refractivity contribution is -0.385. The fourth-order valence-corrected chi connectivity index (χ4v) is 2.74. The maximum absolute atomic E-state index is 12.8. The Balaban J connectivity index is 2.02. The molecule has 142 valence electrons. The molecule has 0 bridgehead atoms. The summed E-state index contributed by atoms with van der Waals surface area (Å²) in [6.45, 7) is 2.09. The SMILES string of the molecule is CCOC(=O)c1cc(C(=O)c2ccccc2[N+](=O)[O-])nn1Cc1ccccc1. The van der Waals surface area contributed by atoms with Crippen LogP contribution < -0.4 is 0 Å². The van der Waals surface area contributed by atoms with Gasteiger partial charge in [0, 0.05) is 12.1 Å². The van der Waals surface area contributed by atoms with Gasteiger partial charge in [0.05, 0.1) is 18.1 Å². The van der Waals surface area contributed by atoms with Crippen LogP contribution in [0.3, 0.4) is 0 Å². The van der Waals surface area contributed by atoms with Crippen LogP contribution >= 0.6 is 0 Å². The van der Waals surface area contributed by atoms with E-state index >= 15 is 0 Å². The molecule has 0 N–H and O–H groups in total. The Kier molecular flexibility index (Phi) is 5.59. The van der Waals surface area contributed by atoms with Gasteiger partial charge in [0.1, 0.15) is 17.0 Å². The molecule has 0 aliphatic carbocycles. The molecule has 2 aromatic carbocycles. The number of carbonyl (C=O) groups excluding carboxylic acids is 2. The number of rotatable bonds is 7. The summed E-state index contributed by atoms with van der Waals surface area (Å²) in [5.41, 5.74) is 0.511. The van der Waals surface area contributed by atoms with E-state index in [-0.39, 0.29) is 35.8 Å². The Hall–Kier alpha value is -3.81. The maximum atomic E-state index is 12.8. The van der Waals surface area contributed by atoms with Crippen molar-refractivity contribution in [2.45, 2.75) is 13.5 Å². The number of para-hydroxylation sites is 1. The first-order valence-corrected chi connectivity index (χ1v) is 8.58. The summed E-state index contributed by atoms with van der Waals surface area (Å²) in [5.74, 6) is -1.25. The molecule has 0 saturated heterocycles. The van der Waals surface area contributed by atoms with Gasteiger partial charge in [-0.2, -0.15) is 5.10 Å². The highest BCUT2D eigenvalue weighted by molar-refractivity contribution is 6.11. The van der Waals surface area contributed by atoms with Gasteiger partial charge in [0.2, 0.25) is 5.78 Å². The predicted octanol–water partition coefficient (Wildman–Crippen LogP) is 3.25. The van der Waals surface area contributed by atoms with E-state index in [4.69, 9.17) is 4.74 Å². The third-order valence-electron chi connectivity index (χ3n) is 4.02. The van der Waals surface area contributed by atoms with Crippen LogP contribution in [0.15, 0.2) is 60.7 Å². The second kappa shape index (κ2) is 8.26. The smallest absolute Gasteiger partial charge is 0.356 e.